The Hall–Kier alpha value is -1.94. The molecule has 0 amide bonds. The summed E-state index contributed by atoms with van der Waals surface area (Å²) in [6.07, 6.45) is 5.33. The Morgan fingerprint density at radius 3 is 2.78 bits per heavy atom. The van der Waals surface area contributed by atoms with Crippen molar-refractivity contribution in [2.24, 2.45) is 0 Å². The molecule has 2 heterocycles. The van der Waals surface area contributed by atoms with E-state index in [1.54, 1.807) is 17.0 Å². The topological polar surface area (TPSA) is 38.1 Å². The van der Waals surface area contributed by atoms with E-state index < -0.39 is 0 Å². The van der Waals surface area contributed by atoms with Crippen LogP contribution in [0.1, 0.15) is 11.1 Å². The first kappa shape index (κ1) is 12.5. The summed E-state index contributed by atoms with van der Waals surface area (Å²) in [4.78, 5) is 18.3. The summed E-state index contributed by atoms with van der Waals surface area (Å²) in [7, 11) is 3.91. The van der Waals surface area contributed by atoms with Gasteiger partial charge in [0.15, 0.2) is 0 Å². The van der Waals surface area contributed by atoms with Gasteiger partial charge < -0.3 is 9.47 Å². The molecule has 4 heteroatoms. The molecule has 0 atom stereocenters. The van der Waals surface area contributed by atoms with E-state index in [1.165, 1.54) is 0 Å². The molecular weight excluding hydrogens is 226 g/mol. The van der Waals surface area contributed by atoms with Gasteiger partial charge in [-0.05, 0) is 31.8 Å². The molecule has 94 valence electrons. The molecule has 0 saturated heterocycles. The van der Waals surface area contributed by atoms with E-state index in [0.29, 0.717) is 13.1 Å². The Labute approximate surface area is 107 Å². The first-order valence-corrected chi connectivity index (χ1v) is 5.89. The fourth-order valence-electron chi connectivity index (χ4n) is 1.86. The highest BCUT2D eigenvalue weighted by atomic mass is 16.1. The number of pyridine rings is 2. The highest BCUT2D eigenvalue weighted by Gasteiger charge is 2.04. The van der Waals surface area contributed by atoms with E-state index in [4.69, 9.17) is 0 Å². The van der Waals surface area contributed by atoms with Crippen molar-refractivity contribution in [2.45, 2.75) is 13.1 Å². The van der Waals surface area contributed by atoms with Gasteiger partial charge in [-0.15, -0.1) is 0 Å². The summed E-state index contributed by atoms with van der Waals surface area (Å²) >= 11 is 0. The van der Waals surface area contributed by atoms with E-state index in [0.717, 1.165) is 11.1 Å². The smallest absolute Gasteiger partial charge is 0.255 e. The van der Waals surface area contributed by atoms with Gasteiger partial charge in [-0.2, -0.15) is 0 Å². The third-order valence-corrected chi connectivity index (χ3v) is 2.66. The summed E-state index contributed by atoms with van der Waals surface area (Å²) in [6.45, 7) is 1.22. The second-order valence-corrected chi connectivity index (χ2v) is 4.57. The van der Waals surface area contributed by atoms with Gasteiger partial charge in [0.1, 0.15) is 0 Å². The Morgan fingerprint density at radius 2 is 2.11 bits per heavy atom. The first-order chi connectivity index (χ1) is 8.66. The summed E-state index contributed by atoms with van der Waals surface area (Å²) in [5, 5.41) is 0. The molecule has 0 aliphatic rings. The lowest BCUT2D eigenvalue weighted by Crippen LogP contribution is -2.26. The molecule has 0 aliphatic heterocycles. The van der Waals surface area contributed by atoms with Crippen LogP contribution >= 0.6 is 0 Å². The molecule has 0 saturated carbocycles. The normalized spacial score (nSPS) is 10.8. The van der Waals surface area contributed by atoms with E-state index in [2.05, 4.69) is 4.98 Å². The number of hydrogen-bond acceptors (Lipinski definition) is 3. The van der Waals surface area contributed by atoms with E-state index >= 15 is 0 Å². The molecule has 0 aromatic carbocycles. The Kier molecular flexibility index (Phi) is 3.89. The van der Waals surface area contributed by atoms with Crippen molar-refractivity contribution in [3.8, 4) is 0 Å². The summed E-state index contributed by atoms with van der Waals surface area (Å²) in [6, 6.07) is 7.64. The number of hydrogen-bond donors (Lipinski definition) is 0. The van der Waals surface area contributed by atoms with Gasteiger partial charge in [-0.25, -0.2) is 0 Å². The Balaban J connectivity index is 2.27. The van der Waals surface area contributed by atoms with Crippen molar-refractivity contribution in [1.29, 1.82) is 0 Å². The lowest BCUT2D eigenvalue weighted by Gasteiger charge is -2.11. The summed E-state index contributed by atoms with van der Waals surface area (Å²) in [5.41, 5.74) is 1.91. The zero-order valence-electron chi connectivity index (χ0n) is 10.7. The van der Waals surface area contributed by atoms with Gasteiger partial charge in [0.05, 0.1) is 6.54 Å². The first-order valence-electron chi connectivity index (χ1n) is 5.89. The lowest BCUT2D eigenvalue weighted by atomic mass is 10.2. The fourth-order valence-corrected chi connectivity index (χ4v) is 1.86. The van der Waals surface area contributed by atoms with Gasteiger partial charge in [-0.1, -0.05) is 12.1 Å². The van der Waals surface area contributed by atoms with Crippen LogP contribution in [-0.4, -0.2) is 28.5 Å². The van der Waals surface area contributed by atoms with Gasteiger partial charge in [0, 0.05) is 30.7 Å². The minimum atomic E-state index is 0.0649. The van der Waals surface area contributed by atoms with Crippen molar-refractivity contribution in [2.75, 3.05) is 14.1 Å². The second-order valence-electron chi connectivity index (χ2n) is 4.57. The van der Waals surface area contributed by atoms with Crippen LogP contribution in [0.4, 0.5) is 0 Å². The molecular formula is C14H17N3O. The monoisotopic (exact) mass is 243 g/mol. The highest BCUT2D eigenvalue weighted by molar-refractivity contribution is 5.14. The second kappa shape index (κ2) is 5.60. The Morgan fingerprint density at radius 1 is 1.28 bits per heavy atom. The zero-order valence-corrected chi connectivity index (χ0v) is 10.7. The van der Waals surface area contributed by atoms with E-state index in [1.807, 2.05) is 49.5 Å². The van der Waals surface area contributed by atoms with Crippen LogP contribution in [0.2, 0.25) is 0 Å². The molecule has 18 heavy (non-hydrogen) atoms. The van der Waals surface area contributed by atoms with Crippen LogP contribution < -0.4 is 5.56 Å². The quantitative estimate of drug-likeness (QED) is 0.813. The SMILES string of the molecule is CN(C)Cc1cccn(Cc2cccnc2)c1=O. The average Bonchev–Trinajstić information content (AvgIpc) is 2.35. The molecule has 0 fully saturated rings. The zero-order chi connectivity index (χ0) is 13.0. The molecule has 0 N–H and O–H groups in total. The molecule has 4 nitrogen and oxygen atoms in total. The van der Waals surface area contributed by atoms with Crippen molar-refractivity contribution < 1.29 is 0 Å². The predicted octanol–water partition coefficient (Wildman–Crippen LogP) is 1.35. The highest BCUT2D eigenvalue weighted by Crippen LogP contribution is 2.00. The predicted molar refractivity (Wildman–Crippen MR) is 71.4 cm³/mol. The minimum Gasteiger partial charge on any atom is -0.311 e. The molecule has 0 spiro atoms. The van der Waals surface area contributed by atoms with Gasteiger partial charge in [0.2, 0.25) is 0 Å². The summed E-state index contributed by atoms with van der Waals surface area (Å²) < 4.78 is 1.72. The summed E-state index contributed by atoms with van der Waals surface area (Å²) in [5.74, 6) is 0. The van der Waals surface area contributed by atoms with Crippen LogP contribution in [0.15, 0.2) is 47.7 Å². The van der Waals surface area contributed by atoms with Crippen molar-refractivity contribution >= 4 is 0 Å². The molecule has 0 aliphatic carbocycles. The maximum atomic E-state index is 12.2. The van der Waals surface area contributed by atoms with Crippen LogP contribution in [0.25, 0.3) is 0 Å². The standard InChI is InChI=1S/C14H17N3O/c1-16(2)11-13-6-4-8-17(14(13)18)10-12-5-3-7-15-9-12/h3-9H,10-11H2,1-2H3. The number of aromatic nitrogens is 2. The van der Waals surface area contributed by atoms with Crippen LogP contribution in [-0.2, 0) is 13.1 Å². The number of rotatable bonds is 4. The van der Waals surface area contributed by atoms with Crippen LogP contribution in [0.3, 0.4) is 0 Å². The maximum absolute atomic E-state index is 12.2. The lowest BCUT2D eigenvalue weighted by molar-refractivity contribution is 0.399. The van der Waals surface area contributed by atoms with Gasteiger partial charge in [0.25, 0.3) is 5.56 Å². The fraction of sp³-hybridized carbons (Fsp3) is 0.286. The van der Waals surface area contributed by atoms with Crippen molar-refractivity contribution in [3.05, 3.63) is 64.3 Å². The van der Waals surface area contributed by atoms with Gasteiger partial charge >= 0.3 is 0 Å². The van der Waals surface area contributed by atoms with Crippen molar-refractivity contribution in [3.63, 3.8) is 0 Å². The molecule has 2 aromatic heterocycles. The van der Waals surface area contributed by atoms with Crippen molar-refractivity contribution in [1.82, 2.24) is 14.5 Å². The third-order valence-electron chi connectivity index (χ3n) is 2.66. The Bertz CT molecular complexity index is 561. The largest absolute Gasteiger partial charge is 0.311 e. The average molecular weight is 243 g/mol. The van der Waals surface area contributed by atoms with E-state index in [-0.39, 0.29) is 5.56 Å². The number of nitrogens with zero attached hydrogens (tertiary/aromatic N) is 3. The van der Waals surface area contributed by atoms with Gasteiger partial charge in [-0.3, -0.25) is 9.78 Å². The van der Waals surface area contributed by atoms with Crippen LogP contribution in [0.5, 0.6) is 0 Å². The molecule has 2 rings (SSSR count). The molecule has 0 radical (unpaired) electrons. The molecule has 0 unspecified atom stereocenters. The maximum Gasteiger partial charge on any atom is 0.255 e. The minimum absolute atomic E-state index is 0.0649. The third kappa shape index (κ3) is 3.05. The van der Waals surface area contributed by atoms with E-state index in [9.17, 15) is 4.79 Å². The molecule has 0 bridgehead atoms. The van der Waals surface area contributed by atoms with Crippen LogP contribution in [0, 0.1) is 0 Å². The molecule has 2 aromatic rings.